The van der Waals surface area contributed by atoms with Crippen LogP contribution >= 0.6 is 12.4 Å². The van der Waals surface area contributed by atoms with E-state index in [1.165, 1.54) is 5.56 Å². The molecule has 0 aliphatic carbocycles. The van der Waals surface area contributed by atoms with Crippen LogP contribution in [0.5, 0.6) is 0 Å². The number of halogens is 1. The zero-order valence-corrected chi connectivity index (χ0v) is 16.6. The predicted molar refractivity (Wildman–Crippen MR) is 107 cm³/mol. The molecule has 0 bridgehead atoms. The molecule has 26 heavy (non-hydrogen) atoms. The molecule has 2 heterocycles. The summed E-state index contributed by atoms with van der Waals surface area (Å²) in [6.45, 7) is 8.93. The van der Waals surface area contributed by atoms with Gasteiger partial charge in [0.15, 0.2) is 0 Å². The minimum absolute atomic E-state index is 0. The van der Waals surface area contributed by atoms with E-state index in [1.807, 2.05) is 27.8 Å². The molecule has 0 radical (unpaired) electrons. The lowest BCUT2D eigenvalue weighted by Gasteiger charge is -2.21. The largest absolute Gasteiger partial charge is 0.341 e. The van der Waals surface area contributed by atoms with Gasteiger partial charge in [-0.1, -0.05) is 32.0 Å². The maximum absolute atomic E-state index is 11.8. The molecule has 1 fully saturated rings. The molecule has 5 nitrogen and oxygen atoms in total. The number of likely N-dealkylation sites (tertiary alicyclic amines) is 1. The molecule has 1 atom stereocenters. The third-order valence-corrected chi connectivity index (χ3v) is 4.70. The van der Waals surface area contributed by atoms with Crippen molar-refractivity contribution in [2.45, 2.75) is 52.1 Å². The third-order valence-electron chi connectivity index (χ3n) is 4.70. The van der Waals surface area contributed by atoms with Crippen LogP contribution in [-0.2, 0) is 11.3 Å². The number of rotatable bonds is 7. The van der Waals surface area contributed by atoms with Gasteiger partial charge >= 0.3 is 0 Å². The van der Waals surface area contributed by atoms with Crippen molar-refractivity contribution in [3.8, 4) is 5.69 Å². The van der Waals surface area contributed by atoms with Crippen molar-refractivity contribution in [1.29, 1.82) is 0 Å². The van der Waals surface area contributed by atoms with E-state index in [-0.39, 0.29) is 24.4 Å². The van der Waals surface area contributed by atoms with Crippen molar-refractivity contribution in [1.82, 2.24) is 20.0 Å². The van der Waals surface area contributed by atoms with E-state index in [0.29, 0.717) is 12.3 Å². The van der Waals surface area contributed by atoms with E-state index >= 15 is 0 Å². The Labute approximate surface area is 162 Å². The fourth-order valence-electron chi connectivity index (χ4n) is 3.33. The summed E-state index contributed by atoms with van der Waals surface area (Å²) in [5.74, 6) is 0.658. The van der Waals surface area contributed by atoms with E-state index in [0.717, 1.165) is 37.4 Å². The smallest absolute Gasteiger partial charge is 0.222 e. The number of nitrogens with zero attached hydrogens (tertiary/aromatic N) is 3. The lowest BCUT2D eigenvalue weighted by atomic mass is 10.1. The number of carbonyl (C=O) groups excluding carboxylic acids is 1. The maximum atomic E-state index is 11.8. The average Bonchev–Trinajstić information content (AvgIpc) is 3.21. The highest BCUT2D eigenvalue weighted by atomic mass is 35.5. The van der Waals surface area contributed by atoms with Gasteiger partial charge in [0.2, 0.25) is 5.91 Å². The normalized spacial score (nSPS) is 15.4. The van der Waals surface area contributed by atoms with Gasteiger partial charge < -0.3 is 10.2 Å². The first-order valence-corrected chi connectivity index (χ1v) is 9.19. The maximum Gasteiger partial charge on any atom is 0.222 e. The standard InChI is InChI=1S/C20H28N4O.ClH/c1-15(2)20-17(14-24(22-20)18-8-5-4-6-9-18)12-21-16(3)13-23-11-7-10-19(23)25;/h4-6,8-9,14-16,21H,7,10-13H2,1-3H3;1H. The Kier molecular flexibility index (Phi) is 7.23. The van der Waals surface area contributed by atoms with E-state index in [4.69, 9.17) is 5.10 Å². The molecule has 1 saturated heterocycles. The average molecular weight is 377 g/mol. The first kappa shape index (κ1) is 20.5. The Hall–Kier alpha value is -1.85. The lowest BCUT2D eigenvalue weighted by molar-refractivity contribution is -0.127. The van der Waals surface area contributed by atoms with Gasteiger partial charge in [-0.05, 0) is 31.4 Å². The van der Waals surface area contributed by atoms with Crippen molar-refractivity contribution < 1.29 is 4.79 Å². The summed E-state index contributed by atoms with van der Waals surface area (Å²) >= 11 is 0. The fourth-order valence-corrected chi connectivity index (χ4v) is 3.33. The number of benzene rings is 1. The molecule has 1 amide bonds. The van der Waals surface area contributed by atoms with Gasteiger partial charge in [-0.3, -0.25) is 4.79 Å². The molecule has 1 N–H and O–H groups in total. The Morgan fingerprint density at radius 1 is 1.19 bits per heavy atom. The zero-order chi connectivity index (χ0) is 17.8. The van der Waals surface area contributed by atoms with E-state index in [9.17, 15) is 4.79 Å². The topological polar surface area (TPSA) is 50.2 Å². The van der Waals surface area contributed by atoms with Crippen molar-refractivity contribution in [2.75, 3.05) is 13.1 Å². The number of hydrogen-bond acceptors (Lipinski definition) is 3. The Morgan fingerprint density at radius 2 is 1.92 bits per heavy atom. The van der Waals surface area contributed by atoms with Crippen molar-refractivity contribution in [2.24, 2.45) is 0 Å². The van der Waals surface area contributed by atoms with Gasteiger partial charge in [-0.15, -0.1) is 12.4 Å². The number of hydrogen-bond donors (Lipinski definition) is 1. The van der Waals surface area contributed by atoms with Gasteiger partial charge in [0.25, 0.3) is 0 Å². The quantitative estimate of drug-likeness (QED) is 0.804. The van der Waals surface area contributed by atoms with Gasteiger partial charge in [0.05, 0.1) is 11.4 Å². The highest BCUT2D eigenvalue weighted by molar-refractivity contribution is 5.85. The van der Waals surface area contributed by atoms with Crippen LogP contribution in [-0.4, -0.2) is 39.7 Å². The molecule has 3 rings (SSSR count). The van der Waals surface area contributed by atoms with Crippen LogP contribution in [0.1, 0.15) is 50.8 Å². The van der Waals surface area contributed by atoms with Crippen molar-refractivity contribution in [3.63, 3.8) is 0 Å². The van der Waals surface area contributed by atoms with Crippen LogP contribution in [0.15, 0.2) is 36.5 Å². The third kappa shape index (κ3) is 4.86. The second kappa shape index (κ2) is 9.19. The van der Waals surface area contributed by atoms with E-state index in [2.05, 4.69) is 44.4 Å². The van der Waals surface area contributed by atoms with Gasteiger partial charge in [-0.25, -0.2) is 4.68 Å². The highest BCUT2D eigenvalue weighted by Crippen LogP contribution is 2.20. The molecule has 1 aromatic carbocycles. The molecule has 2 aromatic rings. The van der Waals surface area contributed by atoms with Crippen LogP contribution in [0.2, 0.25) is 0 Å². The number of amides is 1. The molecular weight excluding hydrogens is 348 g/mol. The predicted octanol–water partition coefficient (Wildman–Crippen LogP) is 3.52. The summed E-state index contributed by atoms with van der Waals surface area (Å²) in [4.78, 5) is 13.7. The Bertz CT molecular complexity index is 714. The second-order valence-corrected chi connectivity index (χ2v) is 7.20. The van der Waals surface area contributed by atoms with Crippen molar-refractivity contribution >= 4 is 18.3 Å². The number of carbonyl (C=O) groups is 1. The molecule has 0 spiro atoms. The van der Waals surface area contributed by atoms with Crippen LogP contribution in [0.25, 0.3) is 5.69 Å². The van der Waals surface area contributed by atoms with Crippen molar-refractivity contribution in [3.05, 3.63) is 47.8 Å². The van der Waals surface area contributed by atoms with Gasteiger partial charge in [0.1, 0.15) is 0 Å². The van der Waals surface area contributed by atoms with E-state index in [1.54, 1.807) is 0 Å². The van der Waals surface area contributed by atoms with E-state index < -0.39 is 0 Å². The molecule has 0 saturated carbocycles. The number of aromatic nitrogens is 2. The number of para-hydroxylation sites is 1. The van der Waals surface area contributed by atoms with Crippen LogP contribution in [0, 0.1) is 0 Å². The summed E-state index contributed by atoms with van der Waals surface area (Å²) < 4.78 is 1.96. The first-order valence-electron chi connectivity index (χ1n) is 9.19. The second-order valence-electron chi connectivity index (χ2n) is 7.20. The molecule has 6 heteroatoms. The molecule has 1 aliphatic rings. The summed E-state index contributed by atoms with van der Waals surface area (Å²) in [6.07, 6.45) is 3.81. The highest BCUT2D eigenvalue weighted by Gasteiger charge is 2.22. The first-order chi connectivity index (χ1) is 12.0. The van der Waals surface area contributed by atoms with Crippen LogP contribution < -0.4 is 5.32 Å². The minimum Gasteiger partial charge on any atom is -0.341 e. The summed E-state index contributed by atoms with van der Waals surface area (Å²) in [6, 6.07) is 10.5. The van der Waals surface area contributed by atoms with Crippen LogP contribution in [0.3, 0.4) is 0 Å². The zero-order valence-electron chi connectivity index (χ0n) is 15.8. The monoisotopic (exact) mass is 376 g/mol. The van der Waals surface area contributed by atoms with Crippen LogP contribution in [0.4, 0.5) is 0 Å². The SMILES string of the molecule is CC(CN1CCCC1=O)NCc1cn(-c2ccccc2)nc1C(C)C.Cl. The number of nitrogens with one attached hydrogen (secondary N) is 1. The Balaban J connectivity index is 0.00000243. The molecule has 1 aliphatic heterocycles. The lowest BCUT2D eigenvalue weighted by Crippen LogP contribution is -2.39. The molecular formula is C20H29ClN4O. The van der Waals surface area contributed by atoms with Gasteiger partial charge in [-0.2, -0.15) is 5.10 Å². The molecule has 142 valence electrons. The molecule has 1 aromatic heterocycles. The minimum atomic E-state index is 0. The summed E-state index contributed by atoms with van der Waals surface area (Å²) in [7, 11) is 0. The summed E-state index contributed by atoms with van der Waals surface area (Å²) in [5.41, 5.74) is 3.42. The Morgan fingerprint density at radius 3 is 2.54 bits per heavy atom. The molecule has 1 unspecified atom stereocenters. The van der Waals surface area contributed by atoms with Gasteiger partial charge in [0, 0.05) is 43.9 Å². The fraction of sp³-hybridized carbons (Fsp3) is 0.500. The summed E-state index contributed by atoms with van der Waals surface area (Å²) in [5, 5.41) is 8.34.